The van der Waals surface area contributed by atoms with Crippen molar-refractivity contribution in [3.05, 3.63) is 65.5 Å². The Labute approximate surface area is 146 Å². The van der Waals surface area contributed by atoms with Crippen molar-refractivity contribution in [1.29, 1.82) is 0 Å². The monoisotopic (exact) mass is 340 g/mol. The summed E-state index contributed by atoms with van der Waals surface area (Å²) in [5.74, 6) is -0.290. The molecule has 0 aromatic heterocycles. The molecule has 0 spiro atoms. The van der Waals surface area contributed by atoms with Crippen LogP contribution in [0.5, 0.6) is 0 Å². The maximum Gasteiger partial charge on any atom is 0.227 e. The highest BCUT2D eigenvalue weighted by molar-refractivity contribution is 5.95. The molecule has 1 fully saturated rings. The fourth-order valence-corrected chi connectivity index (χ4v) is 3.05. The number of hydrogen-bond acceptors (Lipinski definition) is 2. The van der Waals surface area contributed by atoms with Gasteiger partial charge in [-0.25, -0.2) is 4.39 Å². The van der Waals surface area contributed by atoms with Crippen LogP contribution in [0.3, 0.4) is 0 Å². The molecular weight excluding hydrogens is 319 g/mol. The van der Waals surface area contributed by atoms with Crippen molar-refractivity contribution in [2.75, 3.05) is 11.4 Å². The van der Waals surface area contributed by atoms with E-state index in [0.29, 0.717) is 6.42 Å². The first-order valence-corrected chi connectivity index (χ1v) is 8.47. The first-order chi connectivity index (χ1) is 12.0. The number of nitrogens with zero attached hydrogens (tertiary/aromatic N) is 1. The van der Waals surface area contributed by atoms with Crippen molar-refractivity contribution in [3.8, 4) is 0 Å². The molecule has 2 amide bonds. The molecule has 1 aliphatic heterocycles. The topological polar surface area (TPSA) is 49.4 Å². The van der Waals surface area contributed by atoms with E-state index in [1.54, 1.807) is 17.0 Å². The molecule has 25 heavy (non-hydrogen) atoms. The van der Waals surface area contributed by atoms with E-state index < -0.39 is 0 Å². The zero-order valence-corrected chi connectivity index (χ0v) is 14.2. The molecule has 0 aliphatic carbocycles. The van der Waals surface area contributed by atoms with Gasteiger partial charge in [0.1, 0.15) is 5.82 Å². The Morgan fingerprint density at radius 1 is 1.24 bits per heavy atom. The summed E-state index contributed by atoms with van der Waals surface area (Å²) < 4.78 is 13.3. The molecule has 4 nitrogen and oxygen atoms in total. The van der Waals surface area contributed by atoms with Crippen molar-refractivity contribution in [2.24, 2.45) is 0 Å². The number of carbonyl (C=O) groups is 2. The van der Waals surface area contributed by atoms with Crippen LogP contribution in [-0.2, 0) is 16.0 Å². The molecule has 0 bridgehead atoms. The molecule has 5 heteroatoms. The Hall–Kier alpha value is -2.69. The minimum Gasteiger partial charge on any atom is -0.349 e. The van der Waals surface area contributed by atoms with Crippen LogP contribution in [-0.4, -0.2) is 18.4 Å². The van der Waals surface area contributed by atoms with Crippen molar-refractivity contribution in [3.63, 3.8) is 0 Å². The van der Waals surface area contributed by atoms with E-state index in [2.05, 4.69) is 5.32 Å². The smallest absolute Gasteiger partial charge is 0.227 e. The van der Waals surface area contributed by atoms with E-state index in [-0.39, 0.29) is 30.1 Å². The van der Waals surface area contributed by atoms with Gasteiger partial charge in [0.2, 0.25) is 11.8 Å². The standard InChI is InChI=1S/C20H21FN2O2/c1-14(16-4-2-5-17(21)13-16)22-19(24)12-15-7-9-18(10-8-15)23-11-3-6-20(23)25/h2,4-5,7-10,13-14H,3,6,11-12H2,1H3,(H,22,24). The molecule has 2 aromatic rings. The summed E-state index contributed by atoms with van der Waals surface area (Å²) in [5.41, 5.74) is 2.48. The largest absolute Gasteiger partial charge is 0.349 e. The quantitative estimate of drug-likeness (QED) is 0.907. The molecule has 0 saturated carbocycles. The normalized spacial score (nSPS) is 15.3. The van der Waals surface area contributed by atoms with Crippen LogP contribution >= 0.6 is 0 Å². The highest BCUT2D eigenvalue weighted by Gasteiger charge is 2.21. The number of rotatable bonds is 5. The zero-order valence-electron chi connectivity index (χ0n) is 14.2. The highest BCUT2D eigenvalue weighted by Crippen LogP contribution is 2.22. The van der Waals surface area contributed by atoms with Crippen molar-refractivity contribution >= 4 is 17.5 Å². The van der Waals surface area contributed by atoms with Crippen molar-refractivity contribution in [2.45, 2.75) is 32.2 Å². The van der Waals surface area contributed by atoms with Crippen LogP contribution in [0.25, 0.3) is 0 Å². The summed E-state index contributed by atoms with van der Waals surface area (Å²) in [6, 6.07) is 13.5. The third-order valence-electron chi connectivity index (χ3n) is 4.41. The minimum absolute atomic E-state index is 0.123. The average Bonchev–Trinajstić information content (AvgIpc) is 3.01. The van der Waals surface area contributed by atoms with Crippen molar-refractivity contribution in [1.82, 2.24) is 5.32 Å². The first kappa shape index (κ1) is 17.1. The second kappa shape index (κ2) is 7.47. The first-order valence-electron chi connectivity index (χ1n) is 8.47. The summed E-state index contributed by atoms with van der Waals surface area (Å²) in [5, 5.41) is 2.88. The molecule has 1 unspecified atom stereocenters. The van der Waals surface area contributed by atoms with Crippen LogP contribution in [0.2, 0.25) is 0 Å². The van der Waals surface area contributed by atoms with E-state index in [0.717, 1.165) is 29.8 Å². The van der Waals surface area contributed by atoms with Gasteiger partial charge in [0.15, 0.2) is 0 Å². The second-order valence-corrected chi connectivity index (χ2v) is 6.34. The summed E-state index contributed by atoms with van der Waals surface area (Å²) in [4.78, 5) is 25.7. The van der Waals surface area contributed by atoms with Gasteiger partial charge >= 0.3 is 0 Å². The average molecular weight is 340 g/mol. The predicted octanol–water partition coefficient (Wildman–Crippen LogP) is 3.37. The van der Waals surface area contributed by atoms with Gasteiger partial charge in [-0.2, -0.15) is 0 Å². The molecule has 3 rings (SSSR count). The fraction of sp³-hybridized carbons (Fsp3) is 0.300. The predicted molar refractivity (Wildman–Crippen MR) is 94.7 cm³/mol. The van der Waals surface area contributed by atoms with Gasteiger partial charge in [0.25, 0.3) is 0 Å². The lowest BCUT2D eigenvalue weighted by Gasteiger charge is -2.16. The minimum atomic E-state index is -0.314. The maximum atomic E-state index is 13.3. The van der Waals surface area contributed by atoms with E-state index in [9.17, 15) is 14.0 Å². The van der Waals surface area contributed by atoms with Gasteiger partial charge in [-0.1, -0.05) is 24.3 Å². The summed E-state index contributed by atoms with van der Waals surface area (Å²) in [6.45, 7) is 2.58. The Morgan fingerprint density at radius 2 is 2.00 bits per heavy atom. The van der Waals surface area contributed by atoms with Gasteiger partial charge in [-0.15, -0.1) is 0 Å². The number of nitrogens with one attached hydrogen (secondary N) is 1. The second-order valence-electron chi connectivity index (χ2n) is 6.34. The molecule has 0 radical (unpaired) electrons. The number of anilines is 1. The van der Waals surface area contributed by atoms with Crippen molar-refractivity contribution < 1.29 is 14.0 Å². The van der Waals surface area contributed by atoms with Crippen LogP contribution in [0.15, 0.2) is 48.5 Å². The van der Waals surface area contributed by atoms with E-state index >= 15 is 0 Å². The molecular formula is C20H21FN2O2. The molecule has 1 atom stereocenters. The maximum absolute atomic E-state index is 13.3. The number of halogens is 1. The van der Waals surface area contributed by atoms with Crippen LogP contribution in [0.4, 0.5) is 10.1 Å². The molecule has 1 saturated heterocycles. The lowest BCUT2D eigenvalue weighted by atomic mass is 10.1. The molecule has 1 heterocycles. The Bertz CT molecular complexity index is 774. The third-order valence-corrected chi connectivity index (χ3v) is 4.41. The molecule has 1 N–H and O–H groups in total. The molecule has 1 aliphatic rings. The fourth-order valence-electron chi connectivity index (χ4n) is 3.05. The summed E-state index contributed by atoms with van der Waals surface area (Å²) in [6.07, 6.45) is 1.73. The Morgan fingerprint density at radius 3 is 2.64 bits per heavy atom. The summed E-state index contributed by atoms with van der Waals surface area (Å²) in [7, 11) is 0. The molecule has 130 valence electrons. The number of amides is 2. The third kappa shape index (κ3) is 4.24. The van der Waals surface area contributed by atoms with Gasteiger partial charge in [-0.05, 0) is 48.7 Å². The van der Waals surface area contributed by atoms with E-state index in [1.165, 1.54) is 12.1 Å². The lowest BCUT2D eigenvalue weighted by molar-refractivity contribution is -0.121. The lowest BCUT2D eigenvalue weighted by Crippen LogP contribution is -2.28. The van der Waals surface area contributed by atoms with E-state index in [1.807, 2.05) is 31.2 Å². The zero-order chi connectivity index (χ0) is 17.8. The number of hydrogen-bond donors (Lipinski definition) is 1. The molecule has 2 aromatic carbocycles. The number of benzene rings is 2. The van der Waals surface area contributed by atoms with Crippen LogP contribution in [0.1, 0.15) is 36.9 Å². The van der Waals surface area contributed by atoms with Crippen LogP contribution in [0, 0.1) is 5.82 Å². The van der Waals surface area contributed by atoms with Crippen LogP contribution < -0.4 is 10.2 Å². The summed E-state index contributed by atoms with van der Waals surface area (Å²) >= 11 is 0. The van der Waals surface area contributed by atoms with E-state index in [4.69, 9.17) is 0 Å². The SMILES string of the molecule is CC(NC(=O)Cc1ccc(N2CCCC2=O)cc1)c1cccc(F)c1. The Kier molecular flexibility index (Phi) is 5.12. The van der Waals surface area contributed by atoms with Gasteiger partial charge in [0, 0.05) is 18.7 Å². The van der Waals surface area contributed by atoms with Gasteiger partial charge < -0.3 is 10.2 Å². The van der Waals surface area contributed by atoms with Gasteiger partial charge in [-0.3, -0.25) is 9.59 Å². The Balaban J connectivity index is 1.58. The highest BCUT2D eigenvalue weighted by atomic mass is 19.1. The number of carbonyl (C=O) groups excluding carboxylic acids is 2. The van der Waals surface area contributed by atoms with Gasteiger partial charge in [0.05, 0.1) is 12.5 Å².